The lowest BCUT2D eigenvalue weighted by Crippen LogP contribution is -2.40. The fraction of sp³-hybridized carbons (Fsp3) is 0.333. The average molecular weight is 409 g/mol. The maximum absolute atomic E-state index is 12.9. The second kappa shape index (κ2) is 8.65. The van der Waals surface area contributed by atoms with Gasteiger partial charge in [0.25, 0.3) is 5.91 Å². The van der Waals surface area contributed by atoms with E-state index >= 15 is 0 Å². The fourth-order valence-corrected chi connectivity index (χ4v) is 3.50. The average Bonchev–Trinajstić information content (AvgIpc) is 3.27. The van der Waals surface area contributed by atoms with Gasteiger partial charge in [-0.1, -0.05) is 23.4 Å². The summed E-state index contributed by atoms with van der Waals surface area (Å²) in [4.78, 5) is 19.2. The number of rotatable bonds is 3. The summed E-state index contributed by atoms with van der Waals surface area (Å²) in [6.45, 7) is 3.07. The second-order valence-electron chi connectivity index (χ2n) is 6.32. The third-order valence-electron chi connectivity index (χ3n) is 4.85. The topological polar surface area (TPSA) is 89.9 Å². The van der Waals surface area contributed by atoms with Crippen molar-refractivity contribution in [1.82, 2.24) is 24.9 Å². The lowest BCUT2D eigenvalue weighted by molar-refractivity contribution is 0.0734. The Morgan fingerprint density at radius 3 is 2.81 bits per heavy atom. The van der Waals surface area contributed by atoms with Crippen LogP contribution in [-0.4, -0.2) is 49.9 Å². The molecule has 144 valence electrons. The molecule has 0 aliphatic carbocycles. The number of benzene rings is 1. The first kappa shape index (κ1) is 21.1. The number of amides is 1. The minimum atomic E-state index is -0.0927. The van der Waals surface area contributed by atoms with Gasteiger partial charge >= 0.3 is 0 Å². The summed E-state index contributed by atoms with van der Waals surface area (Å²) in [5.74, 6) is -0.0927. The van der Waals surface area contributed by atoms with Crippen LogP contribution in [0.2, 0.25) is 0 Å². The van der Waals surface area contributed by atoms with Crippen LogP contribution in [0.5, 0.6) is 0 Å². The van der Waals surface area contributed by atoms with Gasteiger partial charge < -0.3 is 10.6 Å². The summed E-state index contributed by atoms with van der Waals surface area (Å²) in [5.41, 5.74) is 8.54. The zero-order chi connectivity index (χ0) is 17.4. The van der Waals surface area contributed by atoms with Gasteiger partial charge in [-0.05, 0) is 31.9 Å². The van der Waals surface area contributed by atoms with Crippen LogP contribution in [0, 0.1) is 6.92 Å². The van der Waals surface area contributed by atoms with E-state index in [0.717, 1.165) is 36.0 Å². The number of hydrogen-bond acceptors (Lipinski definition) is 5. The van der Waals surface area contributed by atoms with Crippen LogP contribution < -0.4 is 5.73 Å². The normalized spacial score (nSPS) is 16.1. The summed E-state index contributed by atoms with van der Waals surface area (Å²) in [5, 5.41) is 9.41. The number of nitrogens with zero attached hydrogens (tertiary/aromatic N) is 5. The first-order valence-electron chi connectivity index (χ1n) is 8.48. The standard InChI is InChI=1S/C18H20N6O.2ClH/c1-12-16(18(25)23-10-4-7-14(23)11-19)21-22-24(12)15-8-2-5-13-6-3-9-20-17(13)15;;/h2-3,5-6,8-9,14H,4,7,10-11,19H2,1H3;2*1H. The molecule has 27 heavy (non-hydrogen) atoms. The van der Waals surface area contributed by atoms with E-state index in [-0.39, 0.29) is 36.8 Å². The fourth-order valence-electron chi connectivity index (χ4n) is 3.50. The van der Waals surface area contributed by atoms with Crippen LogP contribution >= 0.6 is 24.8 Å². The number of carbonyl (C=O) groups excluding carboxylic acids is 1. The molecule has 1 saturated heterocycles. The Morgan fingerprint density at radius 2 is 2.04 bits per heavy atom. The zero-order valence-electron chi connectivity index (χ0n) is 14.9. The molecular formula is C18H22Cl2N6O. The molecule has 1 atom stereocenters. The molecule has 0 radical (unpaired) electrons. The Bertz CT molecular complexity index is 939. The Kier molecular flexibility index (Phi) is 6.75. The highest BCUT2D eigenvalue weighted by Crippen LogP contribution is 2.23. The number of likely N-dealkylation sites (tertiary alicyclic amines) is 1. The van der Waals surface area contributed by atoms with Crippen LogP contribution in [0.1, 0.15) is 29.0 Å². The maximum atomic E-state index is 12.9. The van der Waals surface area contributed by atoms with Crippen LogP contribution in [0.3, 0.4) is 0 Å². The van der Waals surface area contributed by atoms with Crippen molar-refractivity contribution in [3.63, 3.8) is 0 Å². The van der Waals surface area contributed by atoms with E-state index in [1.807, 2.05) is 42.2 Å². The smallest absolute Gasteiger partial charge is 0.276 e. The minimum absolute atomic E-state index is 0. The summed E-state index contributed by atoms with van der Waals surface area (Å²) in [6, 6.07) is 9.88. The molecule has 3 aromatic rings. The molecule has 9 heteroatoms. The Morgan fingerprint density at radius 1 is 1.26 bits per heavy atom. The van der Waals surface area contributed by atoms with Crippen molar-refractivity contribution in [2.24, 2.45) is 5.73 Å². The molecule has 1 aliphatic heterocycles. The van der Waals surface area contributed by atoms with E-state index in [2.05, 4.69) is 15.3 Å². The molecule has 2 N–H and O–H groups in total. The van der Waals surface area contributed by atoms with Crippen molar-refractivity contribution in [3.8, 4) is 5.69 Å². The Balaban J connectivity index is 0.00000131. The van der Waals surface area contributed by atoms with Crippen molar-refractivity contribution < 1.29 is 4.79 Å². The second-order valence-corrected chi connectivity index (χ2v) is 6.32. The summed E-state index contributed by atoms with van der Waals surface area (Å²) < 4.78 is 1.69. The molecule has 7 nitrogen and oxygen atoms in total. The quantitative estimate of drug-likeness (QED) is 0.718. The van der Waals surface area contributed by atoms with Gasteiger partial charge in [0.05, 0.1) is 16.9 Å². The van der Waals surface area contributed by atoms with Gasteiger partial charge in [0.2, 0.25) is 0 Å². The Labute approximate surface area is 169 Å². The predicted octanol–water partition coefficient (Wildman–Crippen LogP) is 2.53. The van der Waals surface area contributed by atoms with E-state index in [4.69, 9.17) is 5.73 Å². The molecular weight excluding hydrogens is 387 g/mol. The number of fused-ring (bicyclic) bond motifs is 1. The van der Waals surface area contributed by atoms with Crippen LogP contribution in [0.15, 0.2) is 36.5 Å². The molecule has 0 bridgehead atoms. The monoisotopic (exact) mass is 408 g/mol. The van der Waals surface area contributed by atoms with Gasteiger partial charge in [-0.15, -0.1) is 29.9 Å². The molecule has 2 aromatic heterocycles. The number of carbonyl (C=O) groups is 1. The van der Waals surface area contributed by atoms with E-state index in [9.17, 15) is 4.79 Å². The molecule has 1 aliphatic rings. The predicted molar refractivity (Wildman–Crippen MR) is 109 cm³/mol. The summed E-state index contributed by atoms with van der Waals surface area (Å²) in [7, 11) is 0. The third-order valence-corrected chi connectivity index (χ3v) is 4.85. The van der Waals surface area contributed by atoms with Crippen molar-refractivity contribution in [3.05, 3.63) is 47.9 Å². The minimum Gasteiger partial charge on any atom is -0.333 e. The lowest BCUT2D eigenvalue weighted by Gasteiger charge is -2.22. The molecule has 4 rings (SSSR count). The third kappa shape index (κ3) is 3.63. The van der Waals surface area contributed by atoms with Gasteiger partial charge in [-0.3, -0.25) is 9.78 Å². The molecule has 1 fully saturated rings. The summed E-state index contributed by atoms with van der Waals surface area (Å²) >= 11 is 0. The molecule has 3 heterocycles. The molecule has 1 aromatic carbocycles. The van der Waals surface area contributed by atoms with Gasteiger partial charge in [0.15, 0.2) is 5.69 Å². The number of aromatic nitrogens is 4. The first-order valence-corrected chi connectivity index (χ1v) is 8.48. The first-order chi connectivity index (χ1) is 12.2. The Hall–Kier alpha value is -2.22. The van der Waals surface area contributed by atoms with Gasteiger partial charge in [-0.2, -0.15) is 0 Å². The molecule has 1 unspecified atom stereocenters. The SMILES string of the molecule is Cc1c(C(=O)N2CCCC2CN)nnn1-c1cccc2cccnc12.Cl.Cl. The lowest BCUT2D eigenvalue weighted by atomic mass is 10.2. The highest BCUT2D eigenvalue weighted by molar-refractivity contribution is 5.94. The van der Waals surface area contributed by atoms with E-state index in [1.165, 1.54) is 0 Å². The van der Waals surface area contributed by atoms with Crippen molar-refractivity contribution in [2.75, 3.05) is 13.1 Å². The van der Waals surface area contributed by atoms with Crippen molar-refractivity contribution >= 4 is 41.6 Å². The van der Waals surface area contributed by atoms with Gasteiger partial charge in [0, 0.05) is 30.7 Å². The van der Waals surface area contributed by atoms with Gasteiger partial charge in [-0.25, -0.2) is 4.68 Å². The molecule has 0 spiro atoms. The highest BCUT2D eigenvalue weighted by Gasteiger charge is 2.31. The van der Waals surface area contributed by atoms with E-state index in [0.29, 0.717) is 17.9 Å². The number of pyridine rings is 1. The van der Waals surface area contributed by atoms with Crippen molar-refractivity contribution in [2.45, 2.75) is 25.8 Å². The molecule has 1 amide bonds. The summed E-state index contributed by atoms with van der Waals surface area (Å²) in [6.07, 6.45) is 3.68. The van der Waals surface area contributed by atoms with Crippen LogP contribution in [0.25, 0.3) is 16.6 Å². The number of hydrogen-bond donors (Lipinski definition) is 1. The number of para-hydroxylation sites is 1. The van der Waals surface area contributed by atoms with Crippen molar-refractivity contribution in [1.29, 1.82) is 0 Å². The largest absolute Gasteiger partial charge is 0.333 e. The number of halogens is 2. The highest BCUT2D eigenvalue weighted by atomic mass is 35.5. The maximum Gasteiger partial charge on any atom is 0.276 e. The zero-order valence-corrected chi connectivity index (χ0v) is 16.5. The van der Waals surface area contributed by atoms with E-state index in [1.54, 1.807) is 10.9 Å². The number of nitrogens with two attached hydrogens (primary N) is 1. The van der Waals surface area contributed by atoms with Gasteiger partial charge in [0.1, 0.15) is 0 Å². The molecule has 0 saturated carbocycles. The van der Waals surface area contributed by atoms with Crippen LogP contribution in [0.4, 0.5) is 0 Å². The van der Waals surface area contributed by atoms with Crippen LogP contribution in [-0.2, 0) is 0 Å². The van der Waals surface area contributed by atoms with E-state index < -0.39 is 0 Å².